The van der Waals surface area contributed by atoms with Gasteiger partial charge in [-0.05, 0) is 62.1 Å². The molecule has 0 saturated heterocycles. The van der Waals surface area contributed by atoms with Crippen LogP contribution < -0.4 is 0 Å². The van der Waals surface area contributed by atoms with Gasteiger partial charge in [-0.15, -0.1) is 0 Å². The quantitative estimate of drug-likeness (QED) is 0.848. The maximum Gasteiger partial charge on any atom is 0.130 e. The lowest BCUT2D eigenvalue weighted by atomic mass is 10.1. The highest BCUT2D eigenvalue weighted by Crippen LogP contribution is 2.43. The number of hydrogen-bond donors (Lipinski definition) is 2. The van der Waals surface area contributed by atoms with Crippen LogP contribution in [0.4, 0.5) is 0 Å². The van der Waals surface area contributed by atoms with E-state index in [0.717, 1.165) is 32.0 Å². The predicted octanol–water partition coefficient (Wildman–Crippen LogP) is 4.48. The van der Waals surface area contributed by atoms with Crippen LogP contribution >= 0.6 is 11.8 Å². The highest BCUT2D eigenvalue weighted by atomic mass is 32.2. The molecule has 0 fully saturated rings. The molecule has 100 valence electrons. The van der Waals surface area contributed by atoms with Crippen molar-refractivity contribution in [2.45, 2.75) is 37.5 Å². The molecule has 2 aromatic carbocycles. The van der Waals surface area contributed by atoms with Gasteiger partial charge in [0.2, 0.25) is 0 Å². The minimum Gasteiger partial charge on any atom is -0.507 e. The molecular formula is C16H18O2S. The number of hydrogen-bond acceptors (Lipinski definition) is 3. The van der Waals surface area contributed by atoms with Crippen molar-refractivity contribution in [1.29, 1.82) is 0 Å². The van der Waals surface area contributed by atoms with Crippen LogP contribution in [0.1, 0.15) is 22.3 Å². The van der Waals surface area contributed by atoms with E-state index < -0.39 is 0 Å². The number of aromatic hydroxyl groups is 2. The Balaban J connectivity index is 2.48. The van der Waals surface area contributed by atoms with Gasteiger partial charge in [0.15, 0.2) is 0 Å². The summed E-state index contributed by atoms with van der Waals surface area (Å²) in [7, 11) is 0. The predicted molar refractivity (Wildman–Crippen MR) is 79.3 cm³/mol. The minimum atomic E-state index is 0.266. The van der Waals surface area contributed by atoms with Gasteiger partial charge in [0.05, 0.1) is 9.79 Å². The minimum absolute atomic E-state index is 0.266. The Bertz CT molecular complexity index is 531. The second-order valence-electron chi connectivity index (χ2n) is 4.96. The zero-order valence-corrected chi connectivity index (χ0v) is 12.4. The van der Waals surface area contributed by atoms with Crippen LogP contribution in [-0.2, 0) is 0 Å². The van der Waals surface area contributed by atoms with E-state index in [1.54, 1.807) is 12.1 Å². The SMILES string of the molecule is Cc1cc(C)c(Sc2c(C)cc(C)cc2O)c(O)c1. The smallest absolute Gasteiger partial charge is 0.130 e. The fourth-order valence-electron chi connectivity index (χ4n) is 2.23. The Hall–Kier alpha value is -1.61. The molecule has 19 heavy (non-hydrogen) atoms. The molecule has 0 radical (unpaired) electrons. The summed E-state index contributed by atoms with van der Waals surface area (Å²) in [5.41, 5.74) is 4.09. The molecule has 2 nitrogen and oxygen atoms in total. The van der Waals surface area contributed by atoms with Crippen LogP contribution in [0.2, 0.25) is 0 Å². The van der Waals surface area contributed by atoms with Crippen molar-refractivity contribution in [3.8, 4) is 11.5 Å². The summed E-state index contributed by atoms with van der Waals surface area (Å²) in [6.45, 7) is 7.84. The third-order valence-electron chi connectivity index (χ3n) is 3.00. The van der Waals surface area contributed by atoms with Gasteiger partial charge in [-0.2, -0.15) is 0 Å². The van der Waals surface area contributed by atoms with Crippen LogP contribution in [0.5, 0.6) is 11.5 Å². The normalized spacial score (nSPS) is 10.7. The molecule has 0 aliphatic heterocycles. The van der Waals surface area contributed by atoms with Crippen molar-refractivity contribution in [2.75, 3.05) is 0 Å². The molecule has 0 atom stereocenters. The molecule has 0 amide bonds. The maximum absolute atomic E-state index is 10.1. The van der Waals surface area contributed by atoms with Crippen LogP contribution in [0, 0.1) is 27.7 Å². The highest BCUT2D eigenvalue weighted by molar-refractivity contribution is 7.99. The van der Waals surface area contributed by atoms with Gasteiger partial charge in [-0.3, -0.25) is 0 Å². The molecule has 2 aromatic rings. The lowest BCUT2D eigenvalue weighted by molar-refractivity contribution is 0.458. The van der Waals surface area contributed by atoms with Crippen molar-refractivity contribution >= 4 is 11.8 Å². The third-order valence-corrected chi connectivity index (χ3v) is 4.47. The summed E-state index contributed by atoms with van der Waals surface area (Å²) in [6.07, 6.45) is 0. The van der Waals surface area contributed by atoms with Crippen LogP contribution in [0.3, 0.4) is 0 Å². The third kappa shape index (κ3) is 2.87. The van der Waals surface area contributed by atoms with Crippen molar-refractivity contribution in [1.82, 2.24) is 0 Å². The van der Waals surface area contributed by atoms with E-state index in [1.807, 2.05) is 39.8 Å². The van der Waals surface area contributed by atoms with Crippen molar-refractivity contribution in [2.24, 2.45) is 0 Å². The first-order valence-electron chi connectivity index (χ1n) is 6.16. The molecular weight excluding hydrogens is 256 g/mol. The summed E-state index contributed by atoms with van der Waals surface area (Å²) in [6, 6.07) is 7.55. The standard InChI is InChI=1S/C16H18O2S/c1-9-5-11(3)15(13(17)7-9)19-16-12(4)6-10(2)8-14(16)18/h5-8,17-18H,1-4H3. The van der Waals surface area contributed by atoms with Crippen molar-refractivity contribution in [3.05, 3.63) is 46.5 Å². The summed E-state index contributed by atoms with van der Waals surface area (Å²) >= 11 is 1.41. The van der Waals surface area contributed by atoms with Gasteiger partial charge < -0.3 is 10.2 Å². The van der Waals surface area contributed by atoms with Gasteiger partial charge in [-0.1, -0.05) is 23.9 Å². The van der Waals surface area contributed by atoms with Crippen LogP contribution in [0.15, 0.2) is 34.1 Å². The molecule has 2 rings (SSSR count). The molecule has 2 N–H and O–H groups in total. The van der Waals surface area contributed by atoms with Crippen LogP contribution in [0.25, 0.3) is 0 Å². The van der Waals surface area contributed by atoms with E-state index >= 15 is 0 Å². The summed E-state index contributed by atoms with van der Waals surface area (Å²) in [4.78, 5) is 1.60. The Kier molecular flexibility index (Phi) is 3.76. The molecule has 0 heterocycles. The van der Waals surface area contributed by atoms with E-state index in [9.17, 15) is 10.2 Å². The maximum atomic E-state index is 10.1. The fraction of sp³-hybridized carbons (Fsp3) is 0.250. The van der Waals surface area contributed by atoms with Gasteiger partial charge in [0.25, 0.3) is 0 Å². The van der Waals surface area contributed by atoms with Crippen molar-refractivity contribution in [3.63, 3.8) is 0 Å². The Morgan fingerprint density at radius 1 is 0.684 bits per heavy atom. The molecule has 0 aromatic heterocycles. The van der Waals surface area contributed by atoms with Gasteiger partial charge in [-0.25, -0.2) is 0 Å². The average Bonchev–Trinajstić information content (AvgIpc) is 2.25. The number of benzene rings is 2. The number of aryl methyl sites for hydroxylation is 4. The molecule has 0 aliphatic rings. The second-order valence-corrected chi connectivity index (χ2v) is 5.98. The average molecular weight is 274 g/mol. The zero-order valence-electron chi connectivity index (χ0n) is 11.6. The zero-order chi connectivity index (χ0) is 14.2. The van der Waals surface area contributed by atoms with E-state index in [1.165, 1.54) is 11.8 Å². The van der Waals surface area contributed by atoms with E-state index in [4.69, 9.17) is 0 Å². The highest BCUT2D eigenvalue weighted by Gasteiger charge is 2.13. The fourth-order valence-corrected chi connectivity index (χ4v) is 3.20. The number of rotatable bonds is 2. The Morgan fingerprint density at radius 2 is 1.05 bits per heavy atom. The summed E-state index contributed by atoms with van der Waals surface area (Å²) in [5, 5.41) is 20.1. The van der Waals surface area contributed by atoms with Gasteiger partial charge in [0, 0.05) is 0 Å². The number of phenolic OH excluding ortho intramolecular Hbond substituents is 2. The van der Waals surface area contributed by atoms with E-state index in [2.05, 4.69) is 0 Å². The lowest BCUT2D eigenvalue weighted by Gasteiger charge is -2.13. The summed E-state index contributed by atoms with van der Waals surface area (Å²) in [5.74, 6) is 0.531. The largest absolute Gasteiger partial charge is 0.507 e. The Labute approximate surface area is 118 Å². The summed E-state index contributed by atoms with van der Waals surface area (Å²) < 4.78 is 0. The second kappa shape index (κ2) is 5.17. The van der Waals surface area contributed by atoms with E-state index in [0.29, 0.717) is 0 Å². The number of phenols is 2. The van der Waals surface area contributed by atoms with Crippen LogP contribution in [-0.4, -0.2) is 10.2 Å². The van der Waals surface area contributed by atoms with Crippen molar-refractivity contribution < 1.29 is 10.2 Å². The molecule has 0 aliphatic carbocycles. The monoisotopic (exact) mass is 274 g/mol. The first-order valence-corrected chi connectivity index (χ1v) is 6.98. The molecule has 0 spiro atoms. The molecule has 3 heteroatoms. The van der Waals surface area contributed by atoms with E-state index in [-0.39, 0.29) is 11.5 Å². The first kappa shape index (κ1) is 13.8. The topological polar surface area (TPSA) is 40.5 Å². The molecule has 0 saturated carbocycles. The molecule has 0 bridgehead atoms. The van der Waals surface area contributed by atoms with Gasteiger partial charge in [0.1, 0.15) is 11.5 Å². The lowest BCUT2D eigenvalue weighted by Crippen LogP contribution is -1.87. The molecule has 0 unspecified atom stereocenters. The first-order chi connectivity index (χ1) is 8.88. The Morgan fingerprint density at radius 3 is 1.37 bits per heavy atom. The van der Waals surface area contributed by atoms with Gasteiger partial charge >= 0.3 is 0 Å².